The number of para-hydroxylation sites is 1. The lowest BCUT2D eigenvalue weighted by Crippen LogP contribution is -2.23. The van der Waals surface area contributed by atoms with Gasteiger partial charge in [0, 0.05) is 29.7 Å². The van der Waals surface area contributed by atoms with E-state index in [-0.39, 0.29) is 17.7 Å². The van der Waals surface area contributed by atoms with E-state index in [1.807, 2.05) is 62.4 Å². The lowest BCUT2D eigenvalue weighted by Gasteiger charge is -2.10. The predicted octanol–water partition coefficient (Wildman–Crippen LogP) is 3.76. The molecule has 132 valence electrons. The van der Waals surface area contributed by atoms with E-state index < -0.39 is 0 Å². The number of benzene rings is 2. The van der Waals surface area contributed by atoms with Gasteiger partial charge in [-0.05, 0) is 29.8 Å². The van der Waals surface area contributed by atoms with Gasteiger partial charge in [0.2, 0.25) is 5.91 Å². The molecular weight excluding hydrogens is 326 g/mol. The number of amides is 2. The first-order chi connectivity index (χ1) is 12.5. The summed E-state index contributed by atoms with van der Waals surface area (Å²) in [6.45, 7) is 4.10. The van der Waals surface area contributed by atoms with E-state index in [2.05, 4.69) is 15.6 Å². The molecule has 2 N–H and O–H groups in total. The standard InChI is InChI=1S/C21H21N3O2/c1-14(2)20(25)24-17-10-8-15(9-11-17)13-23-21(26)18-7-3-5-16-6-4-12-22-19(16)18/h3-12,14H,13H2,1-2H3,(H,23,26)(H,24,25). The van der Waals surface area contributed by atoms with Gasteiger partial charge in [-0.15, -0.1) is 0 Å². The minimum absolute atomic E-state index is 0.0190. The van der Waals surface area contributed by atoms with Gasteiger partial charge in [0.25, 0.3) is 5.91 Å². The summed E-state index contributed by atoms with van der Waals surface area (Å²) in [5.74, 6) is -0.246. The van der Waals surface area contributed by atoms with Crippen LogP contribution in [-0.4, -0.2) is 16.8 Å². The van der Waals surface area contributed by atoms with Crippen molar-refractivity contribution in [1.29, 1.82) is 0 Å². The molecule has 0 aliphatic heterocycles. The number of nitrogens with one attached hydrogen (secondary N) is 2. The fraction of sp³-hybridized carbons (Fsp3) is 0.190. The topological polar surface area (TPSA) is 71.1 Å². The Balaban J connectivity index is 1.65. The number of nitrogens with zero attached hydrogens (tertiary/aromatic N) is 1. The first-order valence-corrected chi connectivity index (χ1v) is 8.56. The number of aromatic nitrogens is 1. The summed E-state index contributed by atoms with van der Waals surface area (Å²) in [4.78, 5) is 28.5. The molecule has 0 bridgehead atoms. The molecule has 0 fully saturated rings. The van der Waals surface area contributed by atoms with Crippen LogP contribution < -0.4 is 10.6 Å². The summed E-state index contributed by atoms with van der Waals surface area (Å²) in [5, 5.41) is 6.70. The highest BCUT2D eigenvalue weighted by molar-refractivity contribution is 6.05. The normalized spacial score (nSPS) is 10.7. The first-order valence-electron chi connectivity index (χ1n) is 8.56. The van der Waals surface area contributed by atoms with Gasteiger partial charge in [-0.25, -0.2) is 0 Å². The highest BCUT2D eigenvalue weighted by atomic mass is 16.2. The van der Waals surface area contributed by atoms with E-state index in [1.165, 1.54) is 0 Å². The van der Waals surface area contributed by atoms with Crippen LogP contribution in [0.4, 0.5) is 5.69 Å². The minimum atomic E-state index is -0.161. The van der Waals surface area contributed by atoms with Crippen LogP contribution in [-0.2, 0) is 11.3 Å². The SMILES string of the molecule is CC(C)C(=O)Nc1ccc(CNC(=O)c2cccc3cccnc23)cc1. The van der Waals surface area contributed by atoms with E-state index in [1.54, 1.807) is 12.3 Å². The molecule has 26 heavy (non-hydrogen) atoms. The third kappa shape index (κ3) is 4.06. The zero-order valence-electron chi connectivity index (χ0n) is 14.8. The lowest BCUT2D eigenvalue weighted by atomic mass is 10.1. The number of pyridine rings is 1. The summed E-state index contributed by atoms with van der Waals surface area (Å²) < 4.78 is 0. The quantitative estimate of drug-likeness (QED) is 0.738. The molecule has 0 saturated heterocycles. The highest BCUT2D eigenvalue weighted by Crippen LogP contribution is 2.16. The maximum atomic E-state index is 12.5. The molecule has 3 rings (SSSR count). The predicted molar refractivity (Wildman–Crippen MR) is 103 cm³/mol. The minimum Gasteiger partial charge on any atom is -0.348 e. The fourth-order valence-corrected chi connectivity index (χ4v) is 2.56. The second-order valence-electron chi connectivity index (χ2n) is 6.40. The number of carbonyl (C=O) groups excluding carboxylic acids is 2. The van der Waals surface area contributed by atoms with Crippen molar-refractivity contribution in [3.8, 4) is 0 Å². The Morgan fingerprint density at radius 1 is 1.00 bits per heavy atom. The van der Waals surface area contributed by atoms with Gasteiger partial charge in [-0.2, -0.15) is 0 Å². The van der Waals surface area contributed by atoms with Crippen molar-refractivity contribution in [1.82, 2.24) is 10.3 Å². The van der Waals surface area contributed by atoms with Crippen molar-refractivity contribution in [2.75, 3.05) is 5.32 Å². The Morgan fingerprint density at radius 2 is 1.73 bits per heavy atom. The van der Waals surface area contributed by atoms with E-state index in [0.29, 0.717) is 17.6 Å². The van der Waals surface area contributed by atoms with Gasteiger partial charge in [-0.1, -0.05) is 44.2 Å². The zero-order valence-corrected chi connectivity index (χ0v) is 14.8. The molecule has 0 unspecified atom stereocenters. The summed E-state index contributed by atoms with van der Waals surface area (Å²) >= 11 is 0. The first kappa shape index (κ1) is 17.6. The van der Waals surface area contributed by atoms with Gasteiger partial charge in [-0.3, -0.25) is 14.6 Å². The second kappa shape index (κ2) is 7.78. The van der Waals surface area contributed by atoms with Crippen molar-refractivity contribution in [3.63, 3.8) is 0 Å². The summed E-state index contributed by atoms with van der Waals surface area (Å²) in [7, 11) is 0. The Bertz CT molecular complexity index is 928. The average molecular weight is 347 g/mol. The molecule has 5 heteroatoms. The molecule has 3 aromatic rings. The van der Waals surface area contributed by atoms with Crippen molar-refractivity contribution in [3.05, 3.63) is 71.9 Å². The van der Waals surface area contributed by atoms with E-state index in [0.717, 1.165) is 16.6 Å². The molecular formula is C21H21N3O2. The molecule has 0 aliphatic rings. The van der Waals surface area contributed by atoms with Gasteiger partial charge in [0.05, 0.1) is 11.1 Å². The van der Waals surface area contributed by atoms with Crippen LogP contribution in [0.3, 0.4) is 0 Å². The molecule has 1 heterocycles. The van der Waals surface area contributed by atoms with Crippen LogP contribution in [0, 0.1) is 5.92 Å². The largest absolute Gasteiger partial charge is 0.348 e. The smallest absolute Gasteiger partial charge is 0.253 e. The summed E-state index contributed by atoms with van der Waals surface area (Å²) in [5.41, 5.74) is 2.95. The van der Waals surface area contributed by atoms with Gasteiger partial charge in [0.1, 0.15) is 0 Å². The molecule has 2 aromatic carbocycles. The number of hydrogen-bond donors (Lipinski definition) is 2. The van der Waals surface area contributed by atoms with Crippen LogP contribution in [0.15, 0.2) is 60.8 Å². The van der Waals surface area contributed by atoms with Crippen LogP contribution in [0.25, 0.3) is 10.9 Å². The number of anilines is 1. The third-order valence-electron chi connectivity index (χ3n) is 4.08. The Hall–Kier alpha value is -3.21. The molecule has 0 radical (unpaired) electrons. The number of fused-ring (bicyclic) bond motifs is 1. The number of carbonyl (C=O) groups is 2. The van der Waals surface area contributed by atoms with E-state index in [4.69, 9.17) is 0 Å². The number of hydrogen-bond acceptors (Lipinski definition) is 3. The molecule has 5 nitrogen and oxygen atoms in total. The maximum Gasteiger partial charge on any atom is 0.253 e. The Labute approximate surface area is 152 Å². The second-order valence-corrected chi connectivity index (χ2v) is 6.40. The molecule has 0 saturated carbocycles. The lowest BCUT2D eigenvalue weighted by molar-refractivity contribution is -0.118. The molecule has 1 aromatic heterocycles. The zero-order chi connectivity index (χ0) is 18.5. The maximum absolute atomic E-state index is 12.5. The highest BCUT2D eigenvalue weighted by Gasteiger charge is 2.11. The van der Waals surface area contributed by atoms with Crippen molar-refractivity contribution < 1.29 is 9.59 Å². The van der Waals surface area contributed by atoms with Gasteiger partial charge >= 0.3 is 0 Å². The van der Waals surface area contributed by atoms with Crippen LogP contribution in [0.1, 0.15) is 29.8 Å². The van der Waals surface area contributed by atoms with E-state index >= 15 is 0 Å². The van der Waals surface area contributed by atoms with E-state index in [9.17, 15) is 9.59 Å². The van der Waals surface area contributed by atoms with Crippen LogP contribution >= 0.6 is 0 Å². The van der Waals surface area contributed by atoms with Gasteiger partial charge < -0.3 is 10.6 Å². The molecule has 0 aliphatic carbocycles. The Kier molecular flexibility index (Phi) is 5.27. The number of rotatable bonds is 5. The third-order valence-corrected chi connectivity index (χ3v) is 4.08. The summed E-state index contributed by atoms with van der Waals surface area (Å²) in [6.07, 6.45) is 1.68. The van der Waals surface area contributed by atoms with Crippen molar-refractivity contribution >= 4 is 28.4 Å². The fourth-order valence-electron chi connectivity index (χ4n) is 2.56. The summed E-state index contributed by atoms with van der Waals surface area (Å²) in [6, 6.07) is 16.8. The molecule has 2 amide bonds. The molecule has 0 atom stereocenters. The van der Waals surface area contributed by atoms with Gasteiger partial charge in [0.15, 0.2) is 0 Å². The van der Waals surface area contributed by atoms with Crippen LogP contribution in [0.5, 0.6) is 0 Å². The van der Waals surface area contributed by atoms with Crippen molar-refractivity contribution in [2.24, 2.45) is 5.92 Å². The Morgan fingerprint density at radius 3 is 2.46 bits per heavy atom. The molecule has 0 spiro atoms. The van der Waals surface area contributed by atoms with Crippen molar-refractivity contribution in [2.45, 2.75) is 20.4 Å². The monoisotopic (exact) mass is 347 g/mol. The average Bonchev–Trinajstić information content (AvgIpc) is 2.66. The van der Waals surface area contributed by atoms with Crippen LogP contribution in [0.2, 0.25) is 0 Å².